The normalized spacial score (nSPS) is 18.1. The zero-order chi connectivity index (χ0) is 25.1. The van der Waals surface area contributed by atoms with Crippen LogP contribution in [0.5, 0.6) is 0 Å². The minimum Gasteiger partial charge on any atom is -0.481 e. The molecule has 4 atom stereocenters. The molecule has 0 aromatic heterocycles. The fourth-order valence-electron chi connectivity index (χ4n) is 3.44. The molecule has 1 saturated heterocycles. The van der Waals surface area contributed by atoms with Crippen molar-refractivity contribution in [3.8, 4) is 0 Å². The van der Waals surface area contributed by atoms with Gasteiger partial charge in [-0.05, 0) is 32.2 Å². The average Bonchev–Trinajstić information content (AvgIpc) is 3.21. The largest absolute Gasteiger partial charge is 0.481 e. The van der Waals surface area contributed by atoms with Crippen LogP contribution in [0.4, 0.5) is 0 Å². The lowest BCUT2D eigenvalue weighted by molar-refractivity contribution is -0.149. The first-order chi connectivity index (χ1) is 15.5. The Labute approximate surface area is 189 Å². The third kappa shape index (κ3) is 9.02. The molecule has 33 heavy (non-hydrogen) atoms. The van der Waals surface area contributed by atoms with E-state index in [1.807, 2.05) is 0 Å². The number of likely N-dealkylation sites (tertiary alicyclic amines) is 1. The van der Waals surface area contributed by atoms with Gasteiger partial charge in [0.1, 0.15) is 18.1 Å². The Kier molecular flexibility index (Phi) is 11.2. The van der Waals surface area contributed by atoms with Crippen LogP contribution in [-0.2, 0) is 28.8 Å². The molecular formula is C19H31N5O9. The quantitative estimate of drug-likeness (QED) is 0.129. The maximum absolute atomic E-state index is 13.0. The van der Waals surface area contributed by atoms with Crippen molar-refractivity contribution in [1.82, 2.24) is 15.5 Å². The highest BCUT2D eigenvalue weighted by Crippen LogP contribution is 2.20. The minimum atomic E-state index is -1.70. The Morgan fingerprint density at radius 1 is 0.939 bits per heavy atom. The predicted molar refractivity (Wildman–Crippen MR) is 112 cm³/mol. The van der Waals surface area contributed by atoms with Crippen LogP contribution in [-0.4, -0.2) is 93.1 Å². The van der Waals surface area contributed by atoms with E-state index in [1.165, 1.54) is 0 Å². The van der Waals surface area contributed by atoms with Gasteiger partial charge in [0.15, 0.2) is 0 Å². The third-order valence-corrected chi connectivity index (χ3v) is 5.13. The van der Waals surface area contributed by atoms with Crippen LogP contribution in [0.25, 0.3) is 0 Å². The summed E-state index contributed by atoms with van der Waals surface area (Å²) >= 11 is 0. The first kappa shape index (κ1) is 27.8. The summed E-state index contributed by atoms with van der Waals surface area (Å²) in [5.41, 5.74) is 11.2. The van der Waals surface area contributed by atoms with Crippen molar-refractivity contribution in [2.45, 2.75) is 69.1 Å². The second-order valence-electron chi connectivity index (χ2n) is 7.74. The molecule has 0 aromatic carbocycles. The van der Waals surface area contributed by atoms with Gasteiger partial charge in [0.05, 0.1) is 18.9 Å². The van der Waals surface area contributed by atoms with Crippen molar-refractivity contribution in [3.63, 3.8) is 0 Å². The predicted octanol–water partition coefficient (Wildman–Crippen LogP) is -2.56. The number of rotatable bonds is 14. The lowest BCUT2D eigenvalue weighted by Crippen LogP contribution is -2.57. The van der Waals surface area contributed by atoms with Gasteiger partial charge in [-0.1, -0.05) is 6.42 Å². The van der Waals surface area contributed by atoms with Gasteiger partial charge in [-0.15, -0.1) is 0 Å². The molecule has 186 valence electrons. The summed E-state index contributed by atoms with van der Waals surface area (Å²) in [5, 5.41) is 31.5. The molecule has 1 fully saturated rings. The van der Waals surface area contributed by atoms with Gasteiger partial charge in [0, 0.05) is 6.54 Å². The van der Waals surface area contributed by atoms with Gasteiger partial charge >= 0.3 is 17.9 Å². The van der Waals surface area contributed by atoms with E-state index >= 15 is 0 Å². The van der Waals surface area contributed by atoms with Gasteiger partial charge in [-0.2, -0.15) is 0 Å². The van der Waals surface area contributed by atoms with E-state index in [2.05, 4.69) is 10.6 Å². The number of carbonyl (C=O) groups is 6. The zero-order valence-corrected chi connectivity index (χ0v) is 18.1. The van der Waals surface area contributed by atoms with Crippen molar-refractivity contribution in [2.75, 3.05) is 13.1 Å². The second kappa shape index (κ2) is 13.3. The number of nitrogens with two attached hydrogens (primary N) is 2. The van der Waals surface area contributed by atoms with Crippen molar-refractivity contribution < 1.29 is 44.1 Å². The van der Waals surface area contributed by atoms with Crippen LogP contribution in [0, 0.1) is 0 Å². The van der Waals surface area contributed by atoms with Gasteiger partial charge < -0.3 is 42.3 Å². The molecule has 1 aliphatic heterocycles. The lowest BCUT2D eigenvalue weighted by atomic mass is 10.1. The molecule has 0 aromatic rings. The summed E-state index contributed by atoms with van der Waals surface area (Å²) in [6.07, 6.45) is 0.408. The van der Waals surface area contributed by atoms with Crippen LogP contribution < -0.4 is 22.1 Å². The smallest absolute Gasteiger partial charge is 0.326 e. The van der Waals surface area contributed by atoms with Gasteiger partial charge in [-0.25, -0.2) is 4.79 Å². The highest BCUT2D eigenvalue weighted by Gasteiger charge is 2.40. The Balaban J connectivity index is 2.91. The van der Waals surface area contributed by atoms with Gasteiger partial charge in [0.25, 0.3) is 0 Å². The number of amides is 3. The lowest BCUT2D eigenvalue weighted by Gasteiger charge is -2.29. The number of nitrogens with zero attached hydrogens (tertiary/aromatic N) is 1. The van der Waals surface area contributed by atoms with E-state index < -0.39 is 72.6 Å². The molecule has 9 N–H and O–H groups in total. The van der Waals surface area contributed by atoms with Crippen LogP contribution in [0.2, 0.25) is 0 Å². The maximum Gasteiger partial charge on any atom is 0.326 e. The van der Waals surface area contributed by atoms with Crippen molar-refractivity contribution >= 4 is 35.6 Å². The molecule has 14 nitrogen and oxygen atoms in total. The highest BCUT2D eigenvalue weighted by molar-refractivity contribution is 5.96. The molecule has 0 spiro atoms. The topological polar surface area (TPSA) is 242 Å². The van der Waals surface area contributed by atoms with Crippen LogP contribution >= 0.6 is 0 Å². The Morgan fingerprint density at radius 2 is 1.55 bits per heavy atom. The Morgan fingerprint density at radius 3 is 2.09 bits per heavy atom. The minimum absolute atomic E-state index is 0.0716. The molecule has 0 saturated carbocycles. The van der Waals surface area contributed by atoms with Crippen molar-refractivity contribution in [1.29, 1.82) is 0 Å². The SMILES string of the molecule is NCCCCC(N)C(=O)NC(CC(=O)O)C(=O)N1CCCC1C(=O)NC(CC(=O)O)C(=O)O. The summed E-state index contributed by atoms with van der Waals surface area (Å²) in [6, 6.07) is -5.31. The summed E-state index contributed by atoms with van der Waals surface area (Å²) in [7, 11) is 0. The zero-order valence-electron chi connectivity index (χ0n) is 18.1. The molecule has 0 radical (unpaired) electrons. The number of carboxylic acid groups (broad SMARTS) is 3. The van der Waals surface area contributed by atoms with Crippen LogP contribution in [0.3, 0.4) is 0 Å². The van der Waals surface area contributed by atoms with E-state index in [-0.39, 0.29) is 19.4 Å². The Hall–Kier alpha value is -3.26. The number of nitrogens with one attached hydrogen (secondary N) is 2. The van der Waals surface area contributed by atoms with Crippen LogP contribution in [0.15, 0.2) is 0 Å². The number of hydrogen-bond acceptors (Lipinski definition) is 8. The van der Waals surface area contributed by atoms with E-state index in [4.69, 9.17) is 21.7 Å². The van der Waals surface area contributed by atoms with E-state index in [1.54, 1.807) is 0 Å². The molecule has 0 aliphatic carbocycles. The molecule has 4 unspecified atom stereocenters. The van der Waals surface area contributed by atoms with Crippen molar-refractivity contribution in [2.24, 2.45) is 11.5 Å². The standard InChI is InChI=1S/C19H31N5O9/c20-6-2-1-4-10(21)16(29)22-11(8-14(25)26)18(31)24-7-3-5-13(24)17(30)23-12(19(32)33)9-15(27)28/h10-13H,1-9,20-21H2,(H,22,29)(H,23,30)(H,25,26)(H,27,28)(H,32,33). The van der Waals surface area contributed by atoms with Gasteiger partial charge in [-0.3, -0.25) is 24.0 Å². The van der Waals surface area contributed by atoms with E-state index in [0.29, 0.717) is 25.8 Å². The highest BCUT2D eigenvalue weighted by atomic mass is 16.4. The van der Waals surface area contributed by atoms with E-state index in [0.717, 1.165) is 4.90 Å². The Bertz CT molecular complexity index is 760. The van der Waals surface area contributed by atoms with E-state index in [9.17, 15) is 33.9 Å². The first-order valence-corrected chi connectivity index (χ1v) is 10.5. The molecule has 14 heteroatoms. The fourth-order valence-corrected chi connectivity index (χ4v) is 3.44. The molecule has 1 aliphatic rings. The maximum atomic E-state index is 13.0. The summed E-state index contributed by atoms with van der Waals surface area (Å²) in [5.74, 6) is -6.79. The molecule has 1 rings (SSSR count). The molecular weight excluding hydrogens is 442 g/mol. The number of carbonyl (C=O) groups excluding carboxylic acids is 3. The summed E-state index contributed by atoms with van der Waals surface area (Å²) < 4.78 is 0. The van der Waals surface area contributed by atoms with Gasteiger partial charge in [0.2, 0.25) is 17.7 Å². The number of hydrogen-bond donors (Lipinski definition) is 7. The second-order valence-corrected chi connectivity index (χ2v) is 7.74. The molecule has 3 amide bonds. The first-order valence-electron chi connectivity index (χ1n) is 10.5. The average molecular weight is 473 g/mol. The van der Waals surface area contributed by atoms with Crippen LogP contribution in [0.1, 0.15) is 44.9 Å². The summed E-state index contributed by atoms with van der Waals surface area (Å²) in [4.78, 5) is 72.3. The summed E-state index contributed by atoms with van der Waals surface area (Å²) in [6.45, 7) is 0.490. The third-order valence-electron chi connectivity index (χ3n) is 5.13. The fraction of sp³-hybridized carbons (Fsp3) is 0.684. The number of aliphatic carboxylic acids is 3. The molecule has 1 heterocycles. The number of carboxylic acids is 3. The molecule has 0 bridgehead atoms. The van der Waals surface area contributed by atoms with Crippen molar-refractivity contribution in [3.05, 3.63) is 0 Å². The number of unbranched alkanes of at least 4 members (excludes halogenated alkanes) is 1. The monoisotopic (exact) mass is 473 g/mol.